The molecule has 18 heavy (non-hydrogen) atoms. The van der Waals surface area contributed by atoms with Gasteiger partial charge in [-0.3, -0.25) is 4.79 Å². The first kappa shape index (κ1) is 20.4. The molecule has 0 aromatic carbocycles. The van der Waals surface area contributed by atoms with Gasteiger partial charge in [0.05, 0.1) is 0 Å². The van der Waals surface area contributed by atoms with Crippen LogP contribution < -0.4 is 18.9 Å². The van der Waals surface area contributed by atoms with Crippen molar-refractivity contribution in [1.29, 1.82) is 0 Å². The van der Waals surface area contributed by atoms with Crippen LogP contribution in [0.25, 0.3) is 0 Å². The maximum atomic E-state index is 10.8. The van der Waals surface area contributed by atoms with E-state index >= 15 is 0 Å². The number of unbranched alkanes of at least 4 members (excludes halogenated alkanes) is 1. The molecule has 0 fully saturated rings. The van der Waals surface area contributed by atoms with Gasteiger partial charge in [0.1, 0.15) is 0 Å². The Hall–Kier alpha value is 0.107. The summed E-state index contributed by atoms with van der Waals surface area (Å²) in [5, 5.41) is 17.3. The maximum Gasteiger partial charge on any atom is 1.00 e. The molecule has 0 saturated carbocycles. The van der Waals surface area contributed by atoms with Gasteiger partial charge in [-0.1, -0.05) is 13.3 Å². The zero-order valence-electron chi connectivity index (χ0n) is 10.5. The Morgan fingerprint density at radius 1 is 1.39 bits per heavy atom. The Bertz CT molecular complexity index is 324. The van der Waals surface area contributed by atoms with E-state index in [0.717, 1.165) is 6.42 Å². The summed E-state index contributed by atoms with van der Waals surface area (Å²) in [5.74, 6) is -2.41. The second-order valence-corrected chi connectivity index (χ2v) is 7.22. The minimum atomic E-state index is -3.12. The fourth-order valence-corrected chi connectivity index (χ4v) is 3.20. The third kappa shape index (κ3) is 10.1. The van der Waals surface area contributed by atoms with Gasteiger partial charge in [-0.05, 0) is 24.6 Å². The number of carboxylic acids is 2. The van der Waals surface area contributed by atoms with Gasteiger partial charge in [-0.2, -0.15) is 0 Å². The molecule has 0 rings (SSSR count). The molecule has 0 amide bonds. The number of hydrogen-bond acceptors (Lipinski definition) is 4. The Morgan fingerprint density at radius 3 is 2.33 bits per heavy atom. The standard InChI is InChI=1S/C9H17O6PS.Li/c1-2-3-6-16(14,17)15-7(9(12)13)4-5-8(10)11;/h7H,2-6H2,1H3,(H,10,11)(H,12,13)(H,14,17);/q;+1/t7-,16?;/m0./s1. The van der Waals surface area contributed by atoms with Gasteiger partial charge < -0.3 is 19.6 Å². The molecule has 0 aromatic rings. The van der Waals surface area contributed by atoms with E-state index in [-0.39, 0.29) is 37.9 Å². The third-order valence-electron chi connectivity index (χ3n) is 1.98. The van der Waals surface area contributed by atoms with Crippen molar-refractivity contribution >= 4 is 30.2 Å². The molecule has 0 saturated heterocycles. The molecule has 6 nitrogen and oxygen atoms in total. The summed E-state index contributed by atoms with van der Waals surface area (Å²) < 4.78 is 4.97. The van der Waals surface area contributed by atoms with Crippen LogP contribution in [0, 0.1) is 0 Å². The summed E-state index contributed by atoms with van der Waals surface area (Å²) in [6, 6.07) is 0. The molecule has 0 aliphatic rings. The van der Waals surface area contributed by atoms with E-state index in [1.807, 2.05) is 6.92 Å². The first-order chi connectivity index (χ1) is 7.78. The Balaban J connectivity index is 0. The molecular formula is C9H17LiO6PS+. The zero-order chi connectivity index (χ0) is 13.5. The van der Waals surface area contributed by atoms with Crippen molar-refractivity contribution in [3.8, 4) is 0 Å². The summed E-state index contributed by atoms with van der Waals surface area (Å²) in [4.78, 5) is 30.9. The molecule has 0 aliphatic carbocycles. The average molecular weight is 291 g/mol. The number of carboxylic acid groups (broad SMARTS) is 2. The van der Waals surface area contributed by atoms with Gasteiger partial charge in [0.15, 0.2) is 12.6 Å². The quantitative estimate of drug-likeness (QED) is 0.348. The number of aliphatic carboxylic acids is 2. The van der Waals surface area contributed by atoms with Gasteiger partial charge in [-0.15, -0.1) is 0 Å². The van der Waals surface area contributed by atoms with Gasteiger partial charge in [0, 0.05) is 12.6 Å². The van der Waals surface area contributed by atoms with Crippen LogP contribution in [0.4, 0.5) is 0 Å². The van der Waals surface area contributed by atoms with Crippen LogP contribution in [0.5, 0.6) is 0 Å². The predicted octanol–water partition coefficient (Wildman–Crippen LogP) is -1.57. The average Bonchev–Trinajstić information content (AvgIpc) is 2.20. The molecular weight excluding hydrogens is 274 g/mol. The van der Waals surface area contributed by atoms with Crippen LogP contribution in [-0.2, 0) is 25.9 Å². The van der Waals surface area contributed by atoms with E-state index in [0.29, 0.717) is 6.42 Å². The molecule has 0 aromatic heterocycles. The molecule has 0 bridgehead atoms. The molecule has 0 radical (unpaired) electrons. The number of hydrogen-bond donors (Lipinski definition) is 3. The fraction of sp³-hybridized carbons (Fsp3) is 0.778. The van der Waals surface area contributed by atoms with Crippen LogP contribution in [0.1, 0.15) is 32.6 Å². The number of rotatable bonds is 9. The minimum Gasteiger partial charge on any atom is -0.481 e. The van der Waals surface area contributed by atoms with Crippen molar-refractivity contribution in [3.05, 3.63) is 0 Å². The van der Waals surface area contributed by atoms with Crippen LogP contribution in [-0.4, -0.2) is 39.3 Å². The molecule has 3 N–H and O–H groups in total. The van der Waals surface area contributed by atoms with E-state index < -0.39 is 24.5 Å². The molecule has 0 heterocycles. The SMILES string of the molecule is CCCCP(O)(=S)O[C@@H](CCC(=O)O)C(=O)O.[Li+]. The fourth-order valence-electron chi connectivity index (χ4n) is 1.09. The summed E-state index contributed by atoms with van der Waals surface area (Å²) >= 11 is 4.82. The van der Waals surface area contributed by atoms with E-state index in [2.05, 4.69) is 0 Å². The van der Waals surface area contributed by atoms with Crippen molar-refractivity contribution in [2.75, 3.05) is 6.16 Å². The molecule has 2 atom stereocenters. The summed E-state index contributed by atoms with van der Waals surface area (Å²) in [6.07, 6.45) is -0.168. The molecule has 0 aliphatic heterocycles. The van der Waals surface area contributed by atoms with E-state index in [1.54, 1.807) is 0 Å². The summed E-state index contributed by atoms with van der Waals surface area (Å²) in [7, 11) is 0. The second kappa shape index (κ2) is 9.96. The molecule has 1 unspecified atom stereocenters. The predicted molar refractivity (Wildman–Crippen MR) is 65.7 cm³/mol. The first-order valence-electron chi connectivity index (χ1n) is 5.23. The van der Waals surface area contributed by atoms with Gasteiger partial charge in [-0.25, -0.2) is 4.79 Å². The largest absolute Gasteiger partial charge is 1.00 e. The van der Waals surface area contributed by atoms with Crippen molar-refractivity contribution < 1.29 is 48.1 Å². The topological polar surface area (TPSA) is 104 Å². The van der Waals surface area contributed by atoms with E-state index in [1.165, 1.54) is 0 Å². The second-order valence-electron chi connectivity index (χ2n) is 3.58. The van der Waals surface area contributed by atoms with E-state index in [4.69, 9.17) is 26.5 Å². The van der Waals surface area contributed by atoms with Gasteiger partial charge in [0.2, 0.25) is 0 Å². The van der Waals surface area contributed by atoms with Crippen LogP contribution in [0.15, 0.2) is 0 Å². The van der Waals surface area contributed by atoms with Crippen LogP contribution in [0.3, 0.4) is 0 Å². The summed E-state index contributed by atoms with van der Waals surface area (Å²) in [6.45, 7) is -1.21. The monoisotopic (exact) mass is 291 g/mol. The number of carbonyl (C=O) groups is 2. The summed E-state index contributed by atoms with van der Waals surface area (Å²) in [5.41, 5.74) is 0. The maximum absolute atomic E-state index is 10.8. The molecule has 100 valence electrons. The zero-order valence-corrected chi connectivity index (χ0v) is 12.2. The minimum absolute atomic E-state index is 0. The third-order valence-corrected chi connectivity index (χ3v) is 4.25. The Morgan fingerprint density at radius 2 is 1.94 bits per heavy atom. The molecule has 0 spiro atoms. The van der Waals surface area contributed by atoms with Crippen molar-refractivity contribution in [2.24, 2.45) is 0 Å². The van der Waals surface area contributed by atoms with Crippen LogP contribution in [0.2, 0.25) is 0 Å². The van der Waals surface area contributed by atoms with Gasteiger partial charge in [0.25, 0.3) is 0 Å². The Kier molecular flexibility index (Phi) is 11.3. The van der Waals surface area contributed by atoms with Crippen LogP contribution >= 0.6 is 6.49 Å². The molecule has 9 heteroatoms. The Labute approximate surface area is 123 Å². The van der Waals surface area contributed by atoms with Crippen molar-refractivity contribution in [1.82, 2.24) is 0 Å². The van der Waals surface area contributed by atoms with Crippen molar-refractivity contribution in [2.45, 2.75) is 38.7 Å². The van der Waals surface area contributed by atoms with Gasteiger partial charge >= 0.3 is 30.8 Å². The first-order valence-corrected chi connectivity index (χ1v) is 8.09. The normalized spacial score (nSPS) is 15.2. The smallest absolute Gasteiger partial charge is 0.481 e. The van der Waals surface area contributed by atoms with Crippen molar-refractivity contribution in [3.63, 3.8) is 0 Å². The van der Waals surface area contributed by atoms with E-state index in [9.17, 15) is 14.5 Å².